The van der Waals surface area contributed by atoms with Gasteiger partial charge in [-0.05, 0) is 19.1 Å². The Morgan fingerprint density at radius 3 is 2.76 bits per heavy atom. The van der Waals surface area contributed by atoms with Crippen LogP contribution in [0.2, 0.25) is 0 Å². The van der Waals surface area contributed by atoms with Gasteiger partial charge in [-0.15, -0.1) is 0 Å². The van der Waals surface area contributed by atoms with Crippen LogP contribution in [-0.2, 0) is 0 Å². The molecular formula is C13H18O4. The number of aryl methyl sites for hydroxylation is 1. The van der Waals surface area contributed by atoms with Gasteiger partial charge < -0.3 is 14.9 Å². The molecule has 0 bridgehead atoms. The van der Waals surface area contributed by atoms with Gasteiger partial charge in [0, 0.05) is 6.42 Å². The molecule has 1 aromatic rings. The molecule has 0 fully saturated rings. The van der Waals surface area contributed by atoms with Crippen molar-refractivity contribution in [1.29, 1.82) is 0 Å². The van der Waals surface area contributed by atoms with E-state index in [0.29, 0.717) is 17.7 Å². The zero-order valence-electron chi connectivity index (χ0n) is 10.1. The lowest BCUT2D eigenvalue weighted by Crippen LogP contribution is -2.22. The first kappa shape index (κ1) is 13.7. The number of aliphatic hydroxyl groups excluding tert-OH is 2. The lowest BCUT2D eigenvalue weighted by Gasteiger charge is -2.13. The molecule has 1 atom stereocenters. The van der Waals surface area contributed by atoms with Gasteiger partial charge in [-0.25, -0.2) is 0 Å². The molecule has 2 N–H and O–H groups in total. The summed E-state index contributed by atoms with van der Waals surface area (Å²) in [7, 11) is 0. The standard InChI is InChI=1S/C13H18O4/c1-3-12(16)11-6-9(2)4-5-13(11)17-8-10(15)7-14/h4-6,10,14-15H,3,7-8H2,1-2H3. The number of Topliss-reactive ketones (excluding diaryl/α,β-unsaturated/α-hetero) is 1. The molecular weight excluding hydrogens is 220 g/mol. The molecule has 0 radical (unpaired) electrons. The molecule has 0 saturated carbocycles. The van der Waals surface area contributed by atoms with E-state index < -0.39 is 6.10 Å². The van der Waals surface area contributed by atoms with Crippen molar-refractivity contribution in [2.75, 3.05) is 13.2 Å². The van der Waals surface area contributed by atoms with Crippen molar-refractivity contribution in [1.82, 2.24) is 0 Å². The van der Waals surface area contributed by atoms with E-state index in [0.717, 1.165) is 5.56 Å². The van der Waals surface area contributed by atoms with E-state index >= 15 is 0 Å². The maximum atomic E-state index is 11.7. The summed E-state index contributed by atoms with van der Waals surface area (Å²) in [4.78, 5) is 11.7. The van der Waals surface area contributed by atoms with Gasteiger partial charge in [0.1, 0.15) is 18.5 Å². The van der Waals surface area contributed by atoms with Crippen molar-refractivity contribution in [3.63, 3.8) is 0 Å². The normalized spacial score (nSPS) is 12.2. The predicted molar refractivity (Wildman–Crippen MR) is 64.4 cm³/mol. The summed E-state index contributed by atoms with van der Waals surface area (Å²) in [5.74, 6) is 0.456. The molecule has 0 amide bonds. The largest absolute Gasteiger partial charge is 0.490 e. The van der Waals surface area contributed by atoms with E-state index in [4.69, 9.17) is 9.84 Å². The van der Waals surface area contributed by atoms with Crippen LogP contribution in [0, 0.1) is 6.92 Å². The molecule has 4 nitrogen and oxygen atoms in total. The van der Waals surface area contributed by atoms with Gasteiger partial charge in [-0.2, -0.15) is 0 Å². The molecule has 0 aliphatic rings. The third kappa shape index (κ3) is 3.84. The molecule has 4 heteroatoms. The molecule has 0 heterocycles. The monoisotopic (exact) mass is 238 g/mol. The molecule has 0 aromatic heterocycles. The summed E-state index contributed by atoms with van der Waals surface area (Å²) in [5.41, 5.74) is 1.51. The molecule has 0 saturated heterocycles. The van der Waals surface area contributed by atoms with Crippen LogP contribution in [0.1, 0.15) is 29.3 Å². The Kier molecular flexibility index (Phi) is 5.12. The fourth-order valence-corrected chi connectivity index (χ4v) is 1.42. The van der Waals surface area contributed by atoms with Gasteiger partial charge in [-0.1, -0.05) is 18.6 Å². The van der Waals surface area contributed by atoms with Gasteiger partial charge in [0.05, 0.1) is 12.2 Å². The van der Waals surface area contributed by atoms with E-state index in [1.165, 1.54) is 0 Å². The van der Waals surface area contributed by atoms with Crippen LogP contribution in [0.25, 0.3) is 0 Å². The highest BCUT2D eigenvalue weighted by Crippen LogP contribution is 2.21. The third-order valence-corrected chi connectivity index (χ3v) is 2.40. The topological polar surface area (TPSA) is 66.8 Å². The third-order valence-electron chi connectivity index (χ3n) is 2.40. The van der Waals surface area contributed by atoms with Crippen molar-refractivity contribution in [3.8, 4) is 5.75 Å². The summed E-state index contributed by atoms with van der Waals surface area (Å²) < 4.78 is 5.34. The number of aliphatic hydroxyl groups is 2. The lowest BCUT2D eigenvalue weighted by molar-refractivity contribution is 0.0531. The second kappa shape index (κ2) is 6.37. The fraction of sp³-hybridized carbons (Fsp3) is 0.462. The number of benzene rings is 1. The minimum Gasteiger partial charge on any atom is -0.490 e. The highest BCUT2D eigenvalue weighted by Gasteiger charge is 2.12. The summed E-state index contributed by atoms with van der Waals surface area (Å²) in [6, 6.07) is 5.32. The molecule has 1 aromatic carbocycles. The Morgan fingerprint density at radius 1 is 1.47 bits per heavy atom. The molecule has 94 valence electrons. The maximum Gasteiger partial charge on any atom is 0.166 e. The number of ether oxygens (including phenoxy) is 1. The van der Waals surface area contributed by atoms with E-state index in [1.807, 2.05) is 13.0 Å². The Balaban J connectivity index is 2.86. The van der Waals surface area contributed by atoms with Crippen molar-refractivity contribution in [2.45, 2.75) is 26.4 Å². The van der Waals surface area contributed by atoms with Gasteiger partial charge in [0.15, 0.2) is 5.78 Å². The van der Waals surface area contributed by atoms with Gasteiger partial charge in [0.2, 0.25) is 0 Å². The highest BCUT2D eigenvalue weighted by atomic mass is 16.5. The molecule has 0 spiro atoms. The van der Waals surface area contributed by atoms with Crippen molar-refractivity contribution in [2.24, 2.45) is 0 Å². The average molecular weight is 238 g/mol. The molecule has 17 heavy (non-hydrogen) atoms. The maximum absolute atomic E-state index is 11.7. The van der Waals surface area contributed by atoms with Crippen molar-refractivity contribution < 1.29 is 19.7 Å². The summed E-state index contributed by atoms with van der Waals surface area (Å²) in [5, 5.41) is 17.9. The number of hydrogen-bond acceptors (Lipinski definition) is 4. The van der Waals surface area contributed by atoms with E-state index in [-0.39, 0.29) is 19.0 Å². The Hall–Kier alpha value is -1.39. The van der Waals surface area contributed by atoms with Crippen molar-refractivity contribution >= 4 is 5.78 Å². The van der Waals surface area contributed by atoms with Gasteiger partial charge in [0.25, 0.3) is 0 Å². The first-order chi connectivity index (χ1) is 8.08. The lowest BCUT2D eigenvalue weighted by atomic mass is 10.1. The number of carbonyl (C=O) groups excluding carboxylic acids is 1. The van der Waals surface area contributed by atoms with Gasteiger partial charge >= 0.3 is 0 Å². The minimum atomic E-state index is -0.930. The zero-order valence-corrected chi connectivity index (χ0v) is 10.1. The highest BCUT2D eigenvalue weighted by molar-refractivity contribution is 5.98. The Bertz CT molecular complexity index is 387. The molecule has 1 rings (SSSR count). The van der Waals surface area contributed by atoms with E-state index in [2.05, 4.69) is 0 Å². The van der Waals surface area contributed by atoms with Crippen LogP contribution < -0.4 is 4.74 Å². The summed E-state index contributed by atoms with van der Waals surface area (Å²) in [6.07, 6.45) is -0.525. The van der Waals surface area contributed by atoms with E-state index in [9.17, 15) is 9.90 Å². The first-order valence-electron chi connectivity index (χ1n) is 5.64. The van der Waals surface area contributed by atoms with Crippen LogP contribution in [0.4, 0.5) is 0 Å². The van der Waals surface area contributed by atoms with Crippen LogP contribution in [0.15, 0.2) is 18.2 Å². The number of carbonyl (C=O) groups is 1. The van der Waals surface area contributed by atoms with Crippen LogP contribution >= 0.6 is 0 Å². The van der Waals surface area contributed by atoms with Gasteiger partial charge in [-0.3, -0.25) is 4.79 Å². The molecule has 0 aliphatic heterocycles. The summed E-state index contributed by atoms with van der Waals surface area (Å²) >= 11 is 0. The predicted octanol–water partition coefficient (Wildman–Crippen LogP) is 1.32. The number of ketones is 1. The van der Waals surface area contributed by atoms with E-state index in [1.54, 1.807) is 19.1 Å². The first-order valence-corrected chi connectivity index (χ1v) is 5.64. The number of hydrogen-bond donors (Lipinski definition) is 2. The quantitative estimate of drug-likeness (QED) is 0.733. The van der Waals surface area contributed by atoms with Crippen LogP contribution in [0.3, 0.4) is 0 Å². The fourth-order valence-electron chi connectivity index (χ4n) is 1.42. The Labute approximate surface area is 101 Å². The average Bonchev–Trinajstić information content (AvgIpc) is 2.35. The van der Waals surface area contributed by atoms with Crippen molar-refractivity contribution in [3.05, 3.63) is 29.3 Å². The Morgan fingerprint density at radius 2 is 2.18 bits per heavy atom. The van der Waals surface area contributed by atoms with Crippen LogP contribution in [-0.4, -0.2) is 35.3 Å². The minimum absolute atomic E-state index is 0.00203. The molecule has 1 unspecified atom stereocenters. The number of rotatable bonds is 6. The SMILES string of the molecule is CCC(=O)c1cc(C)ccc1OCC(O)CO. The van der Waals surface area contributed by atoms with Crippen LogP contribution in [0.5, 0.6) is 5.75 Å². The second-order valence-corrected chi connectivity index (χ2v) is 3.92. The second-order valence-electron chi connectivity index (χ2n) is 3.92. The zero-order chi connectivity index (χ0) is 12.8. The summed E-state index contributed by atoms with van der Waals surface area (Å²) in [6.45, 7) is 3.31. The smallest absolute Gasteiger partial charge is 0.166 e. The molecule has 0 aliphatic carbocycles.